The molecule has 0 aliphatic rings. The second-order valence-corrected chi connectivity index (χ2v) is 8.30. The molecule has 3 N–H and O–H groups in total. The van der Waals surface area contributed by atoms with Crippen molar-refractivity contribution in [2.45, 2.75) is 4.90 Å². The third kappa shape index (κ3) is 13.1. The maximum absolute atomic E-state index is 14.5. The van der Waals surface area contributed by atoms with Gasteiger partial charge in [0.25, 0.3) is 5.91 Å². The Morgan fingerprint density at radius 1 is 1.17 bits per heavy atom. The summed E-state index contributed by atoms with van der Waals surface area (Å²) in [6, 6.07) is 8.19. The maximum atomic E-state index is 14.5. The van der Waals surface area contributed by atoms with Crippen LogP contribution in [0.1, 0.15) is 0 Å². The monoisotopic (exact) mass is 530 g/mol. The molecule has 35 heavy (non-hydrogen) atoms. The molecule has 0 radical (unpaired) electrons. The van der Waals surface area contributed by atoms with Crippen LogP contribution in [-0.4, -0.2) is 73.9 Å². The van der Waals surface area contributed by atoms with Crippen LogP contribution in [0.15, 0.2) is 41.3 Å². The van der Waals surface area contributed by atoms with Crippen LogP contribution in [0.25, 0.3) is 0 Å². The van der Waals surface area contributed by atoms with Gasteiger partial charge in [-0.3, -0.25) is 14.9 Å². The number of likely N-dealkylation sites (N-methyl/N-ethyl adjacent to an activating group) is 1. The average Bonchev–Trinajstić information content (AvgIpc) is 2.83. The Morgan fingerprint density at radius 2 is 1.71 bits per heavy atom. The maximum Gasteiger partial charge on any atom is 0.258 e. The fraction of sp³-hybridized carbons (Fsp3) is 0.304. The van der Waals surface area contributed by atoms with Crippen LogP contribution >= 0.6 is 23.5 Å². The van der Waals surface area contributed by atoms with Crippen molar-refractivity contribution in [1.82, 2.24) is 20.0 Å². The highest BCUT2D eigenvalue weighted by Crippen LogP contribution is 2.33. The van der Waals surface area contributed by atoms with E-state index in [1.165, 1.54) is 34.1 Å². The number of rotatable bonds is 11. The molecular weight excluding hydrogens is 502 g/mol. The van der Waals surface area contributed by atoms with Gasteiger partial charge in [0, 0.05) is 23.0 Å². The summed E-state index contributed by atoms with van der Waals surface area (Å²) in [5.74, 6) is -2.87. The fourth-order valence-corrected chi connectivity index (χ4v) is 3.40. The van der Waals surface area contributed by atoms with Crippen LogP contribution in [0, 0.1) is 24.5 Å². The molecule has 2 rings (SSSR count). The predicted octanol–water partition coefficient (Wildman–Crippen LogP) is 3.44. The van der Waals surface area contributed by atoms with Crippen LogP contribution in [0.2, 0.25) is 5.02 Å². The summed E-state index contributed by atoms with van der Waals surface area (Å²) in [4.78, 5) is 24.0. The lowest BCUT2D eigenvalue weighted by Crippen LogP contribution is -2.36. The Bertz CT molecular complexity index is 912. The lowest BCUT2D eigenvalue weighted by Gasteiger charge is -2.23. The number of ether oxygens (including phenoxy) is 1. The van der Waals surface area contributed by atoms with E-state index in [2.05, 4.69) is 18.2 Å². The summed E-state index contributed by atoms with van der Waals surface area (Å²) >= 11 is 6.71. The summed E-state index contributed by atoms with van der Waals surface area (Å²) in [7, 11) is 5.46. The zero-order valence-corrected chi connectivity index (χ0v) is 21.2. The number of halogens is 3. The van der Waals surface area contributed by atoms with Gasteiger partial charge in [0.1, 0.15) is 12.0 Å². The van der Waals surface area contributed by atoms with Gasteiger partial charge in [-0.15, -0.1) is 12.8 Å². The van der Waals surface area contributed by atoms with E-state index in [9.17, 15) is 18.4 Å². The fourth-order valence-electron chi connectivity index (χ4n) is 2.31. The van der Waals surface area contributed by atoms with E-state index in [4.69, 9.17) is 21.5 Å². The summed E-state index contributed by atoms with van der Waals surface area (Å²) in [5.41, 5.74) is 1.52. The molecule has 0 aliphatic heterocycles. The minimum atomic E-state index is -0.919. The molecule has 0 saturated carbocycles. The molecule has 8 nitrogen and oxygen atoms in total. The third-order valence-electron chi connectivity index (χ3n) is 3.80. The number of nitrogens with zero attached hydrogens (tertiary/aromatic N) is 2. The minimum absolute atomic E-state index is 0.192. The van der Waals surface area contributed by atoms with Crippen molar-refractivity contribution in [3.8, 4) is 24.3 Å². The van der Waals surface area contributed by atoms with Gasteiger partial charge in [-0.1, -0.05) is 11.6 Å². The Hall–Kier alpha value is -2.72. The SMILES string of the molecule is C#C.CN(CC=O)CCN(CC(=O)NO)Sc1cc(F)c(Oc2ccc(Cl)cc2)c(F)c1.CNC. The first-order chi connectivity index (χ1) is 16.7. The number of hydrogen-bond donors (Lipinski definition) is 3. The van der Waals surface area contributed by atoms with E-state index in [0.29, 0.717) is 11.6 Å². The molecule has 0 fully saturated rings. The van der Waals surface area contributed by atoms with Crippen molar-refractivity contribution in [3.63, 3.8) is 0 Å². The number of benzene rings is 2. The number of carbonyl (C=O) groups is 2. The van der Waals surface area contributed by atoms with Crippen LogP contribution in [0.5, 0.6) is 11.5 Å². The number of nitrogens with one attached hydrogen (secondary N) is 2. The zero-order chi connectivity index (χ0) is 26.8. The molecule has 0 saturated heterocycles. The lowest BCUT2D eigenvalue weighted by atomic mass is 10.3. The van der Waals surface area contributed by atoms with Gasteiger partial charge < -0.3 is 14.8 Å². The standard InChI is InChI=1S/C19H20ClF2N3O4S.C2H7N.C2H2/c1-24(8-9-26)6-7-25(12-18(27)23-28)30-15-10-16(21)19(17(22)11-15)29-14-4-2-13(20)3-5-14;1-3-2;1-2/h2-5,9-11,28H,6-8,12H2,1H3,(H,23,27);3H,1-2H3;1-2H. The normalized spacial score (nSPS) is 10.0. The highest BCUT2D eigenvalue weighted by molar-refractivity contribution is 7.97. The highest BCUT2D eigenvalue weighted by atomic mass is 35.5. The van der Waals surface area contributed by atoms with Crippen molar-refractivity contribution >= 4 is 35.7 Å². The molecule has 0 spiro atoms. The van der Waals surface area contributed by atoms with Crippen LogP contribution in [-0.2, 0) is 9.59 Å². The number of terminal acetylenes is 1. The molecule has 2 aromatic carbocycles. The molecule has 0 atom stereocenters. The number of carbonyl (C=O) groups excluding carboxylic acids is 2. The number of amides is 1. The van der Waals surface area contributed by atoms with Gasteiger partial charge in [0.15, 0.2) is 17.4 Å². The van der Waals surface area contributed by atoms with Crippen molar-refractivity contribution in [1.29, 1.82) is 0 Å². The van der Waals surface area contributed by atoms with Crippen molar-refractivity contribution < 1.29 is 28.3 Å². The predicted molar refractivity (Wildman–Crippen MR) is 134 cm³/mol. The average molecular weight is 531 g/mol. The van der Waals surface area contributed by atoms with Crippen molar-refractivity contribution in [2.24, 2.45) is 0 Å². The van der Waals surface area contributed by atoms with Gasteiger partial charge in [-0.05, 0) is 69.5 Å². The lowest BCUT2D eigenvalue weighted by molar-refractivity contribution is -0.129. The summed E-state index contributed by atoms with van der Waals surface area (Å²) in [6.07, 6.45) is 8.74. The molecule has 0 aromatic heterocycles. The van der Waals surface area contributed by atoms with E-state index in [-0.39, 0.29) is 30.3 Å². The molecule has 0 unspecified atom stereocenters. The molecule has 0 bridgehead atoms. The number of hydroxylamine groups is 1. The molecule has 192 valence electrons. The Kier molecular flexibility index (Phi) is 17.1. The minimum Gasteiger partial charge on any atom is -0.451 e. The van der Waals surface area contributed by atoms with Crippen LogP contribution in [0.4, 0.5) is 8.78 Å². The molecular formula is C23H29ClF2N4O4S. The smallest absolute Gasteiger partial charge is 0.258 e. The molecule has 12 heteroatoms. The van der Waals surface area contributed by atoms with Gasteiger partial charge in [-0.2, -0.15) is 0 Å². The largest absolute Gasteiger partial charge is 0.451 e. The van der Waals surface area contributed by atoms with E-state index < -0.39 is 23.3 Å². The second-order valence-electron chi connectivity index (χ2n) is 6.69. The number of hydrogen-bond acceptors (Lipinski definition) is 8. The second kappa shape index (κ2) is 18.6. The topological polar surface area (TPSA) is 94.1 Å². The van der Waals surface area contributed by atoms with E-state index in [1.54, 1.807) is 11.9 Å². The van der Waals surface area contributed by atoms with E-state index >= 15 is 0 Å². The Balaban J connectivity index is 0.00000214. The Morgan fingerprint density at radius 3 is 2.20 bits per heavy atom. The Labute approximate surface area is 213 Å². The molecule has 0 aliphatic carbocycles. The zero-order valence-electron chi connectivity index (χ0n) is 19.6. The number of aldehydes is 1. The summed E-state index contributed by atoms with van der Waals surface area (Å²) in [6.45, 7) is 0.662. The third-order valence-corrected chi connectivity index (χ3v) is 5.07. The van der Waals surface area contributed by atoms with Gasteiger partial charge >= 0.3 is 0 Å². The molecule has 1 amide bonds. The quantitative estimate of drug-likeness (QED) is 0.134. The first-order valence-electron chi connectivity index (χ1n) is 10.1. The van der Waals surface area contributed by atoms with Crippen LogP contribution < -0.4 is 15.5 Å². The molecule has 2 aromatic rings. The van der Waals surface area contributed by atoms with E-state index in [0.717, 1.165) is 30.4 Å². The first-order valence-corrected chi connectivity index (χ1v) is 11.2. The summed E-state index contributed by atoms with van der Waals surface area (Å²) < 4.78 is 35.7. The molecule has 0 heterocycles. The highest BCUT2D eigenvalue weighted by Gasteiger charge is 2.18. The first kappa shape index (κ1) is 32.3. The van der Waals surface area contributed by atoms with E-state index in [1.807, 2.05) is 14.1 Å². The van der Waals surface area contributed by atoms with Gasteiger partial charge in [0.2, 0.25) is 0 Å². The van der Waals surface area contributed by atoms with Gasteiger partial charge in [0.05, 0.1) is 13.1 Å². The van der Waals surface area contributed by atoms with Crippen molar-refractivity contribution in [3.05, 3.63) is 53.1 Å². The summed E-state index contributed by atoms with van der Waals surface area (Å²) in [5, 5.41) is 12.0. The van der Waals surface area contributed by atoms with Gasteiger partial charge in [-0.25, -0.2) is 18.6 Å². The van der Waals surface area contributed by atoms with Crippen molar-refractivity contribution in [2.75, 3.05) is 47.3 Å². The van der Waals surface area contributed by atoms with Crippen LogP contribution in [0.3, 0.4) is 0 Å².